The maximum Gasteiger partial charge on any atom is 0.407 e. The van der Waals surface area contributed by atoms with Crippen molar-refractivity contribution in [3.63, 3.8) is 0 Å². The molecule has 2 heterocycles. The van der Waals surface area contributed by atoms with E-state index >= 15 is 0 Å². The van der Waals surface area contributed by atoms with Crippen LogP contribution in [0.15, 0.2) is 48.5 Å². The summed E-state index contributed by atoms with van der Waals surface area (Å²) in [7, 11) is 0. The Kier molecular flexibility index (Phi) is 6.47. The van der Waals surface area contributed by atoms with Crippen LogP contribution in [0, 0.1) is 5.92 Å². The van der Waals surface area contributed by atoms with Gasteiger partial charge in [-0.15, -0.1) is 0 Å². The third-order valence-electron chi connectivity index (χ3n) is 7.49. The van der Waals surface area contributed by atoms with E-state index in [0.29, 0.717) is 32.4 Å². The van der Waals surface area contributed by atoms with Gasteiger partial charge >= 0.3 is 12.1 Å². The Morgan fingerprint density at radius 1 is 1.06 bits per heavy atom. The number of carboxylic acids is 1. The molecule has 2 saturated heterocycles. The Morgan fingerprint density at radius 3 is 2.34 bits per heavy atom. The van der Waals surface area contributed by atoms with Gasteiger partial charge in [0, 0.05) is 25.1 Å². The van der Waals surface area contributed by atoms with Crippen LogP contribution < -0.4 is 5.32 Å². The molecule has 8 heteroatoms. The summed E-state index contributed by atoms with van der Waals surface area (Å²) in [5.41, 5.74) is 4.59. The number of ether oxygens (including phenoxy) is 2. The van der Waals surface area contributed by atoms with E-state index in [4.69, 9.17) is 9.47 Å². The number of piperidine rings is 1. The first kappa shape index (κ1) is 23.4. The zero-order chi connectivity index (χ0) is 24.5. The van der Waals surface area contributed by atoms with E-state index in [2.05, 4.69) is 29.6 Å². The second-order valence-corrected chi connectivity index (χ2v) is 9.60. The number of hydrogen-bond acceptors (Lipinski definition) is 5. The first-order valence-electron chi connectivity index (χ1n) is 12.2. The summed E-state index contributed by atoms with van der Waals surface area (Å²) >= 11 is 0. The number of carboxylic acid groups (broad SMARTS) is 1. The van der Waals surface area contributed by atoms with Gasteiger partial charge in [-0.05, 0) is 48.4 Å². The molecule has 0 aromatic heterocycles. The van der Waals surface area contributed by atoms with Gasteiger partial charge in [0.25, 0.3) is 5.91 Å². The average Bonchev–Trinajstić information content (AvgIpc) is 3.44. The van der Waals surface area contributed by atoms with Gasteiger partial charge in [-0.1, -0.05) is 48.5 Å². The first-order chi connectivity index (χ1) is 16.9. The van der Waals surface area contributed by atoms with Crippen LogP contribution in [-0.4, -0.2) is 65.9 Å². The molecular weight excluding hydrogens is 448 g/mol. The SMILES string of the molecule is CC1CC(C(=O)O)CCN1C(=O)[C@@H]1OCC[C@@H]1NC(=O)OCC1c2ccccc2-c2ccccc21. The minimum absolute atomic E-state index is 0.0400. The lowest BCUT2D eigenvalue weighted by molar-refractivity contribution is -0.151. The zero-order valence-electron chi connectivity index (χ0n) is 19.7. The minimum atomic E-state index is -0.823. The van der Waals surface area contributed by atoms with Crippen molar-refractivity contribution in [3.05, 3.63) is 59.7 Å². The highest BCUT2D eigenvalue weighted by atomic mass is 16.6. The number of nitrogens with one attached hydrogen (secondary N) is 1. The van der Waals surface area contributed by atoms with Crippen molar-refractivity contribution in [2.45, 2.75) is 50.3 Å². The third-order valence-corrected chi connectivity index (χ3v) is 7.49. The number of likely N-dealkylation sites (tertiary alicyclic amines) is 1. The van der Waals surface area contributed by atoms with E-state index in [1.165, 1.54) is 0 Å². The normalized spacial score (nSPS) is 25.6. The lowest BCUT2D eigenvalue weighted by Crippen LogP contribution is -2.54. The van der Waals surface area contributed by atoms with Gasteiger partial charge in [-0.2, -0.15) is 0 Å². The molecule has 184 valence electrons. The summed E-state index contributed by atoms with van der Waals surface area (Å²) in [4.78, 5) is 38.9. The summed E-state index contributed by atoms with van der Waals surface area (Å²) in [6.07, 6.45) is -0.0151. The van der Waals surface area contributed by atoms with Gasteiger partial charge in [0.2, 0.25) is 0 Å². The number of rotatable bonds is 5. The Labute approximate surface area is 204 Å². The third kappa shape index (κ3) is 4.50. The van der Waals surface area contributed by atoms with Crippen LogP contribution in [0.4, 0.5) is 4.79 Å². The van der Waals surface area contributed by atoms with Crippen LogP contribution in [0.3, 0.4) is 0 Å². The highest BCUT2D eigenvalue weighted by molar-refractivity contribution is 5.84. The predicted octanol–water partition coefficient (Wildman–Crippen LogP) is 3.39. The van der Waals surface area contributed by atoms with E-state index in [1.807, 2.05) is 31.2 Å². The average molecular weight is 479 g/mol. The summed E-state index contributed by atoms with van der Waals surface area (Å²) in [6, 6.07) is 15.6. The van der Waals surface area contributed by atoms with Gasteiger partial charge < -0.3 is 24.8 Å². The lowest BCUT2D eigenvalue weighted by Gasteiger charge is -2.38. The number of alkyl carbamates (subject to hydrolysis) is 1. The molecule has 2 unspecified atom stereocenters. The Hall–Kier alpha value is -3.39. The minimum Gasteiger partial charge on any atom is -0.481 e. The van der Waals surface area contributed by atoms with Gasteiger partial charge in [-0.3, -0.25) is 9.59 Å². The molecule has 2 aromatic carbocycles. The fourth-order valence-electron chi connectivity index (χ4n) is 5.66. The fraction of sp³-hybridized carbons (Fsp3) is 0.444. The summed E-state index contributed by atoms with van der Waals surface area (Å²) in [6.45, 7) is 2.79. The number of benzene rings is 2. The first-order valence-corrected chi connectivity index (χ1v) is 12.2. The molecular formula is C27H30N2O6. The monoisotopic (exact) mass is 478 g/mol. The van der Waals surface area contributed by atoms with Crippen molar-refractivity contribution in [3.8, 4) is 11.1 Å². The molecule has 2 aliphatic heterocycles. The second-order valence-electron chi connectivity index (χ2n) is 9.60. The summed E-state index contributed by atoms with van der Waals surface area (Å²) < 4.78 is 11.3. The lowest BCUT2D eigenvalue weighted by atomic mass is 9.91. The maximum absolute atomic E-state index is 13.2. The van der Waals surface area contributed by atoms with Crippen molar-refractivity contribution in [2.75, 3.05) is 19.8 Å². The quantitative estimate of drug-likeness (QED) is 0.683. The molecule has 0 spiro atoms. The van der Waals surface area contributed by atoms with Crippen molar-refractivity contribution >= 4 is 18.0 Å². The largest absolute Gasteiger partial charge is 0.481 e. The smallest absolute Gasteiger partial charge is 0.407 e. The standard InChI is InChI=1S/C27H30N2O6/c1-16-14-17(26(31)32)10-12-29(16)25(30)24-23(11-13-34-24)28-27(33)35-15-22-20-8-4-2-6-18(20)19-7-3-5-9-21(19)22/h2-9,16-17,22-24H,10-15H2,1H3,(H,28,33)(H,31,32)/t16?,17?,23-,24+/m0/s1. The molecule has 35 heavy (non-hydrogen) atoms. The number of carbonyl (C=O) groups excluding carboxylic acids is 2. The van der Waals surface area contributed by atoms with Crippen LogP contribution in [0.2, 0.25) is 0 Å². The molecule has 8 nitrogen and oxygen atoms in total. The number of fused-ring (bicyclic) bond motifs is 3. The van der Waals surface area contributed by atoms with Crippen molar-refractivity contribution < 1.29 is 29.0 Å². The molecule has 1 aliphatic carbocycles. The van der Waals surface area contributed by atoms with Crippen LogP contribution >= 0.6 is 0 Å². The molecule has 4 atom stereocenters. The number of nitrogens with zero attached hydrogens (tertiary/aromatic N) is 1. The van der Waals surface area contributed by atoms with Gasteiger partial charge in [0.15, 0.2) is 6.10 Å². The highest BCUT2D eigenvalue weighted by Gasteiger charge is 2.41. The molecule has 2 aromatic rings. The van der Waals surface area contributed by atoms with Gasteiger partial charge in [-0.25, -0.2) is 4.79 Å². The molecule has 2 N–H and O–H groups in total. The maximum atomic E-state index is 13.2. The molecule has 0 radical (unpaired) electrons. The van der Waals surface area contributed by atoms with E-state index in [0.717, 1.165) is 22.3 Å². The molecule has 2 amide bonds. The van der Waals surface area contributed by atoms with Crippen molar-refractivity contribution in [2.24, 2.45) is 5.92 Å². The summed E-state index contributed by atoms with van der Waals surface area (Å²) in [5.74, 6) is -1.51. The summed E-state index contributed by atoms with van der Waals surface area (Å²) in [5, 5.41) is 12.1. The predicted molar refractivity (Wildman–Crippen MR) is 128 cm³/mol. The van der Waals surface area contributed by atoms with Crippen molar-refractivity contribution in [1.29, 1.82) is 0 Å². The van der Waals surface area contributed by atoms with Gasteiger partial charge in [0.05, 0.1) is 12.0 Å². The fourth-order valence-corrected chi connectivity index (χ4v) is 5.66. The molecule has 2 fully saturated rings. The Balaban J connectivity index is 1.20. The number of hydrogen-bond donors (Lipinski definition) is 2. The van der Waals surface area contributed by atoms with E-state index in [1.54, 1.807) is 4.90 Å². The second kappa shape index (κ2) is 9.70. The number of aliphatic carboxylic acids is 1. The number of carbonyl (C=O) groups is 3. The van der Waals surface area contributed by atoms with E-state index in [9.17, 15) is 19.5 Å². The zero-order valence-corrected chi connectivity index (χ0v) is 19.7. The molecule has 5 rings (SSSR count). The van der Waals surface area contributed by atoms with Crippen LogP contribution in [0.5, 0.6) is 0 Å². The van der Waals surface area contributed by atoms with E-state index in [-0.39, 0.29) is 24.5 Å². The Bertz CT molecular complexity index is 1090. The van der Waals surface area contributed by atoms with Crippen LogP contribution in [0.25, 0.3) is 11.1 Å². The highest BCUT2D eigenvalue weighted by Crippen LogP contribution is 2.44. The van der Waals surface area contributed by atoms with Gasteiger partial charge in [0.1, 0.15) is 6.61 Å². The molecule has 0 bridgehead atoms. The van der Waals surface area contributed by atoms with E-state index < -0.39 is 30.1 Å². The van der Waals surface area contributed by atoms with Crippen LogP contribution in [-0.2, 0) is 19.1 Å². The molecule has 3 aliphatic rings. The van der Waals surface area contributed by atoms with Crippen molar-refractivity contribution in [1.82, 2.24) is 10.2 Å². The topological polar surface area (TPSA) is 105 Å². The van der Waals surface area contributed by atoms with Crippen LogP contribution in [0.1, 0.15) is 43.2 Å². The Morgan fingerprint density at radius 2 is 1.71 bits per heavy atom. The number of amides is 2. The molecule has 0 saturated carbocycles.